The molecule has 3 rings (SSSR count). The highest BCUT2D eigenvalue weighted by Crippen LogP contribution is 2.32. The number of carbonyl (C=O) groups excluding carboxylic acids is 2. The monoisotopic (exact) mass is 345 g/mol. The second-order valence-corrected chi connectivity index (χ2v) is 5.43. The summed E-state index contributed by atoms with van der Waals surface area (Å²) < 4.78 is 28.4. The lowest BCUT2D eigenvalue weighted by molar-refractivity contribution is -0.147. The van der Waals surface area contributed by atoms with Crippen LogP contribution in [0.1, 0.15) is 11.1 Å². The van der Waals surface area contributed by atoms with Crippen LogP contribution in [0.15, 0.2) is 42.5 Å². The number of fused-ring (bicyclic) bond motifs is 1. The summed E-state index contributed by atoms with van der Waals surface area (Å²) in [7, 11) is 0. The number of rotatable bonds is 6. The Morgan fingerprint density at radius 3 is 2.76 bits per heavy atom. The van der Waals surface area contributed by atoms with E-state index in [1.165, 1.54) is 18.2 Å². The molecule has 1 amide bonds. The molecule has 6 nitrogen and oxygen atoms in total. The average molecular weight is 345 g/mol. The summed E-state index contributed by atoms with van der Waals surface area (Å²) in [6, 6.07) is 11.0. The van der Waals surface area contributed by atoms with Crippen molar-refractivity contribution in [3.63, 3.8) is 0 Å². The van der Waals surface area contributed by atoms with Crippen LogP contribution in [0.5, 0.6) is 11.5 Å². The van der Waals surface area contributed by atoms with Crippen molar-refractivity contribution in [1.29, 1.82) is 0 Å². The summed E-state index contributed by atoms with van der Waals surface area (Å²) in [5.74, 6) is -0.143. The van der Waals surface area contributed by atoms with Gasteiger partial charge in [-0.3, -0.25) is 9.59 Å². The highest BCUT2D eigenvalue weighted by molar-refractivity contribution is 5.81. The van der Waals surface area contributed by atoms with Gasteiger partial charge in [-0.25, -0.2) is 4.39 Å². The number of amides is 1. The van der Waals surface area contributed by atoms with Gasteiger partial charge >= 0.3 is 5.97 Å². The smallest absolute Gasteiger partial charge is 0.310 e. The largest absolute Gasteiger partial charge is 0.455 e. The lowest BCUT2D eigenvalue weighted by atomic mass is 10.1. The summed E-state index contributed by atoms with van der Waals surface area (Å²) in [4.78, 5) is 23.4. The highest BCUT2D eigenvalue weighted by atomic mass is 19.1. The van der Waals surface area contributed by atoms with Gasteiger partial charge in [0.05, 0.1) is 6.42 Å². The maximum atomic E-state index is 13.0. The van der Waals surface area contributed by atoms with Crippen molar-refractivity contribution in [3.05, 3.63) is 59.4 Å². The van der Waals surface area contributed by atoms with E-state index in [9.17, 15) is 14.0 Å². The average Bonchev–Trinajstić information content (AvgIpc) is 3.06. The SMILES string of the molecule is O=C(COC(=O)Cc1cccc(F)c1)NCc1ccc2c(c1)OCO2. The summed E-state index contributed by atoms with van der Waals surface area (Å²) in [6.45, 7) is 0.0715. The van der Waals surface area contributed by atoms with Gasteiger partial charge in [0.15, 0.2) is 18.1 Å². The number of ether oxygens (including phenoxy) is 3. The maximum Gasteiger partial charge on any atom is 0.310 e. The summed E-state index contributed by atoms with van der Waals surface area (Å²) in [6.07, 6.45) is -0.0901. The number of hydrogen-bond donors (Lipinski definition) is 1. The molecule has 1 aliphatic heterocycles. The van der Waals surface area contributed by atoms with Gasteiger partial charge in [-0.05, 0) is 35.4 Å². The molecule has 0 aliphatic carbocycles. The lowest BCUT2D eigenvalue weighted by Crippen LogP contribution is -2.28. The molecule has 2 aromatic rings. The van der Waals surface area contributed by atoms with Crippen molar-refractivity contribution >= 4 is 11.9 Å². The molecular formula is C18H16FNO5. The Hall–Kier alpha value is -3.09. The Bertz CT molecular complexity index is 793. The Morgan fingerprint density at radius 2 is 1.92 bits per heavy atom. The third kappa shape index (κ3) is 4.69. The molecule has 0 atom stereocenters. The van der Waals surface area contributed by atoms with Crippen LogP contribution in [-0.2, 0) is 27.3 Å². The number of esters is 1. The number of hydrogen-bond acceptors (Lipinski definition) is 5. The molecular weight excluding hydrogens is 329 g/mol. The van der Waals surface area contributed by atoms with E-state index >= 15 is 0 Å². The zero-order chi connectivity index (χ0) is 17.6. The molecule has 0 radical (unpaired) electrons. The predicted octanol–water partition coefficient (Wildman–Crippen LogP) is 1.96. The first kappa shape index (κ1) is 16.8. The second-order valence-electron chi connectivity index (χ2n) is 5.43. The third-order valence-corrected chi connectivity index (χ3v) is 3.53. The van der Waals surface area contributed by atoms with Gasteiger partial charge in [-0.1, -0.05) is 18.2 Å². The van der Waals surface area contributed by atoms with Gasteiger partial charge in [0.25, 0.3) is 5.91 Å². The molecule has 25 heavy (non-hydrogen) atoms. The number of nitrogens with one attached hydrogen (secondary N) is 1. The van der Waals surface area contributed by atoms with Gasteiger partial charge in [0.2, 0.25) is 6.79 Å². The number of halogens is 1. The van der Waals surface area contributed by atoms with Crippen LogP contribution < -0.4 is 14.8 Å². The molecule has 7 heteroatoms. The quantitative estimate of drug-likeness (QED) is 0.810. The molecule has 1 aliphatic rings. The second kappa shape index (κ2) is 7.65. The maximum absolute atomic E-state index is 13.0. The van der Waals surface area contributed by atoms with Crippen molar-refractivity contribution in [2.24, 2.45) is 0 Å². The van der Waals surface area contributed by atoms with Crippen molar-refractivity contribution in [3.8, 4) is 11.5 Å². The van der Waals surface area contributed by atoms with Gasteiger partial charge in [0.1, 0.15) is 5.82 Å². The molecule has 0 aromatic heterocycles. The predicted molar refractivity (Wildman–Crippen MR) is 85.5 cm³/mol. The van der Waals surface area contributed by atoms with Gasteiger partial charge in [0, 0.05) is 6.54 Å². The summed E-state index contributed by atoms with van der Waals surface area (Å²) >= 11 is 0. The summed E-state index contributed by atoms with van der Waals surface area (Å²) in [5.41, 5.74) is 1.33. The highest BCUT2D eigenvalue weighted by Gasteiger charge is 2.14. The molecule has 2 aromatic carbocycles. The van der Waals surface area contributed by atoms with Crippen LogP contribution in [0.4, 0.5) is 4.39 Å². The van der Waals surface area contributed by atoms with E-state index in [1.807, 2.05) is 6.07 Å². The van der Waals surface area contributed by atoms with E-state index in [0.717, 1.165) is 5.56 Å². The van der Waals surface area contributed by atoms with Crippen molar-refractivity contribution in [2.75, 3.05) is 13.4 Å². The molecule has 0 saturated carbocycles. The van der Waals surface area contributed by atoms with Crippen molar-refractivity contribution in [2.45, 2.75) is 13.0 Å². The van der Waals surface area contributed by atoms with Crippen LogP contribution >= 0.6 is 0 Å². The van der Waals surface area contributed by atoms with E-state index in [-0.39, 0.29) is 19.8 Å². The number of carbonyl (C=O) groups is 2. The molecule has 0 spiro atoms. The van der Waals surface area contributed by atoms with Gasteiger partial charge < -0.3 is 19.5 Å². The van der Waals surface area contributed by atoms with Crippen LogP contribution in [0.2, 0.25) is 0 Å². The van der Waals surface area contributed by atoms with E-state index in [1.54, 1.807) is 18.2 Å². The van der Waals surface area contributed by atoms with Crippen LogP contribution in [0, 0.1) is 5.82 Å². The Labute approximate surface area is 143 Å². The van der Waals surface area contributed by atoms with Crippen LogP contribution in [0.3, 0.4) is 0 Å². The molecule has 0 fully saturated rings. The fraction of sp³-hybridized carbons (Fsp3) is 0.222. The minimum absolute atomic E-state index is 0.0901. The third-order valence-electron chi connectivity index (χ3n) is 3.53. The van der Waals surface area contributed by atoms with E-state index < -0.39 is 24.3 Å². The zero-order valence-corrected chi connectivity index (χ0v) is 13.3. The zero-order valence-electron chi connectivity index (χ0n) is 13.3. The molecule has 1 N–H and O–H groups in total. The standard InChI is InChI=1S/C18H16FNO5/c19-14-3-1-2-12(6-14)8-18(22)23-10-17(21)20-9-13-4-5-15-16(7-13)25-11-24-15/h1-7H,8-11H2,(H,20,21). The Balaban J connectivity index is 1.41. The van der Waals surface area contributed by atoms with Crippen LogP contribution in [-0.4, -0.2) is 25.3 Å². The fourth-order valence-electron chi connectivity index (χ4n) is 2.31. The minimum Gasteiger partial charge on any atom is -0.455 e. The topological polar surface area (TPSA) is 73.9 Å². The first-order chi connectivity index (χ1) is 12.1. The first-order valence-corrected chi connectivity index (χ1v) is 7.65. The minimum atomic E-state index is -0.594. The van der Waals surface area contributed by atoms with E-state index in [2.05, 4.69) is 5.32 Å². The molecule has 0 saturated heterocycles. The number of benzene rings is 2. The van der Waals surface area contributed by atoms with E-state index in [0.29, 0.717) is 17.1 Å². The Morgan fingerprint density at radius 1 is 1.08 bits per heavy atom. The molecule has 0 bridgehead atoms. The molecule has 0 unspecified atom stereocenters. The lowest BCUT2D eigenvalue weighted by Gasteiger charge is -2.07. The van der Waals surface area contributed by atoms with Gasteiger partial charge in [-0.15, -0.1) is 0 Å². The van der Waals surface area contributed by atoms with Crippen molar-refractivity contribution in [1.82, 2.24) is 5.32 Å². The summed E-state index contributed by atoms with van der Waals surface area (Å²) in [5, 5.41) is 2.65. The molecule has 130 valence electrons. The molecule has 1 heterocycles. The normalized spacial score (nSPS) is 11.9. The van der Waals surface area contributed by atoms with Gasteiger partial charge in [-0.2, -0.15) is 0 Å². The van der Waals surface area contributed by atoms with Crippen molar-refractivity contribution < 1.29 is 28.2 Å². The first-order valence-electron chi connectivity index (χ1n) is 7.65. The fourth-order valence-corrected chi connectivity index (χ4v) is 2.31. The Kier molecular flexibility index (Phi) is 5.13. The van der Waals surface area contributed by atoms with Crippen LogP contribution in [0.25, 0.3) is 0 Å². The van der Waals surface area contributed by atoms with E-state index in [4.69, 9.17) is 14.2 Å².